The number of rotatable bonds is 7. The third-order valence-electron chi connectivity index (χ3n) is 4.38. The molecule has 1 aliphatic heterocycles. The first-order valence-corrected chi connectivity index (χ1v) is 9.23. The van der Waals surface area contributed by atoms with Crippen molar-refractivity contribution < 1.29 is 14.3 Å². The van der Waals surface area contributed by atoms with Gasteiger partial charge in [-0.15, -0.1) is 0 Å². The number of carbonyl (C=O) groups is 2. The van der Waals surface area contributed by atoms with E-state index in [0.717, 1.165) is 44.1 Å². The molecule has 0 aliphatic carbocycles. The highest BCUT2D eigenvalue weighted by Gasteiger charge is 2.17. The molecule has 2 amide bonds. The fraction of sp³-hybridized carbons (Fsp3) is 0.500. The minimum Gasteiger partial charge on any atom is -0.378 e. The van der Waals surface area contributed by atoms with Crippen LogP contribution in [0.25, 0.3) is 0 Å². The number of hydrogen-bond acceptors (Lipinski definition) is 4. The molecule has 1 N–H and O–H groups in total. The van der Waals surface area contributed by atoms with Crippen LogP contribution in [0.4, 0.5) is 11.4 Å². The minimum absolute atomic E-state index is 0.0510. The lowest BCUT2D eigenvalue weighted by molar-refractivity contribution is -0.131. The number of benzene rings is 1. The summed E-state index contributed by atoms with van der Waals surface area (Å²) in [5, 5.41) is 2.87. The number of carbonyl (C=O) groups excluding carboxylic acids is 2. The topological polar surface area (TPSA) is 61.9 Å². The van der Waals surface area contributed by atoms with E-state index in [1.165, 1.54) is 0 Å². The van der Waals surface area contributed by atoms with E-state index in [2.05, 4.69) is 10.2 Å². The summed E-state index contributed by atoms with van der Waals surface area (Å²) in [7, 11) is 0. The fourth-order valence-corrected chi connectivity index (χ4v) is 2.92. The van der Waals surface area contributed by atoms with Crippen LogP contribution in [0.2, 0.25) is 0 Å². The molecule has 1 heterocycles. The van der Waals surface area contributed by atoms with Crippen molar-refractivity contribution in [3.05, 3.63) is 35.9 Å². The maximum absolute atomic E-state index is 12.3. The Kier molecular flexibility index (Phi) is 7.66. The summed E-state index contributed by atoms with van der Waals surface area (Å²) in [6, 6.07) is 7.78. The van der Waals surface area contributed by atoms with Gasteiger partial charge in [-0.05, 0) is 44.5 Å². The average Bonchev–Trinajstić information content (AvgIpc) is 2.67. The van der Waals surface area contributed by atoms with Crippen LogP contribution in [0.5, 0.6) is 0 Å². The second kappa shape index (κ2) is 9.97. The van der Waals surface area contributed by atoms with Crippen molar-refractivity contribution >= 4 is 23.2 Å². The van der Waals surface area contributed by atoms with E-state index in [4.69, 9.17) is 4.74 Å². The smallest absolute Gasteiger partial charge is 0.249 e. The van der Waals surface area contributed by atoms with Crippen molar-refractivity contribution in [2.75, 3.05) is 49.6 Å². The maximum atomic E-state index is 12.3. The molecule has 1 fully saturated rings. The number of likely N-dealkylation sites (N-methyl/N-ethyl adjacent to an activating group) is 1. The number of allylic oxidation sites excluding steroid dienone is 1. The molecule has 0 aromatic heterocycles. The van der Waals surface area contributed by atoms with Gasteiger partial charge in [-0.3, -0.25) is 9.59 Å². The lowest BCUT2D eigenvalue weighted by Crippen LogP contribution is -2.38. The summed E-state index contributed by atoms with van der Waals surface area (Å²) in [5.74, 6) is -0.282. The molecule has 1 aliphatic rings. The van der Waals surface area contributed by atoms with E-state index >= 15 is 0 Å². The summed E-state index contributed by atoms with van der Waals surface area (Å²) in [4.78, 5) is 28.4. The second-order valence-electron chi connectivity index (χ2n) is 6.31. The van der Waals surface area contributed by atoms with Gasteiger partial charge in [0, 0.05) is 36.6 Å². The Balaban J connectivity index is 1.91. The second-order valence-corrected chi connectivity index (χ2v) is 6.31. The first-order chi connectivity index (χ1) is 12.5. The van der Waals surface area contributed by atoms with Gasteiger partial charge in [-0.25, -0.2) is 0 Å². The third-order valence-corrected chi connectivity index (χ3v) is 4.38. The van der Waals surface area contributed by atoms with Gasteiger partial charge in [-0.1, -0.05) is 13.0 Å². The normalized spacial score (nSPS) is 14.9. The fourth-order valence-electron chi connectivity index (χ4n) is 2.92. The van der Waals surface area contributed by atoms with Gasteiger partial charge in [0.15, 0.2) is 0 Å². The van der Waals surface area contributed by atoms with Crippen LogP contribution in [0.15, 0.2) is 35.9 Å². The van der Waals surface area contributed by atoms with Gasteiger partial charge < -0.3 is 19.9 Å². The molecule has 0 unspecified atom stereocenters. The van der Waals surface area contributed by atoms with E-state index < -0.39 is 0 Å². The lowest BCUT2D eigenvalue weighted by Gasteiger charge is -2.29. The van der Waals surface area contributed by atoms with Crippen molar-refractivity contribution in [2.45, 2.75) is 27.2 Å². The first kappa shape index (κ1) is 20.0. The van der Waals surface area contributed by atoms with Gasteiger partial charge >= 0.3 is 0 Å². The number of morpholine rings is 1. The largest absolute Gasteiger partial charge is 0.378 e. The van der Waals surface area contributed by atoms with E-state index in [0.29, 0.717) is 12.1 Å². The van der Waals surface area contributed by atoms with E-state index in [9.17, 15) is 9.59 Å². The molecule has 0 radical (unpaired) electrons. The summed E-state index contributed by atoms with van der Waals surface area (Å²) < 4.78 is 5.36. The molecule has 1 aromatic rings. The summed E-state index contributed by atoms with van der Waals surface area (Å²) in [6.45, 7) is 9.44. The van der Waals surface area contributed by atoms with Crippen molar-refractivity contribution in [3.8, 4) is 0 Å². The first-order valence-electron chi connectivity index (χ1n) is 9.23. The Hall–Kier alpha value is -2.34. The minimum atomic E-state index is -0.191. The average molecular weight is 359 g/mol. The molecule has 2 rings (SSSR count). The van der Waals surface area contributed by atoms with Gasteiger partial charge in [0.2, 0.25) is 11.8 Å². The Morgan fingerprint density at radius 3 is 2.42 bits per heavy atom. The number of amides is 2. The van der Waals surface area contributed by atoms with Crippen LogP contribution in [0, 0.1) is 0 Å². The molecular formula is C20H29N3O3. The number of nitrogens with zero attached hydrogens (tertiary/aromatic N) is 2. The van der Waals surface area contributed by atoms with Crippen LogP contribution in [-0.4, -0.2) is 56.1 Å². The maximum Gasteiger partial charge on any atom is 0.249 e. The van der Waals surface area contributed by atoms with Crippen LogP contribution in [-0.2, 0) is 14.3 Å². The molecule has 0 spiro atoms. The highest BCUT2D eigenvalue weighted by Crippen LogP contribution is 2.19. The van der Waals surface area contributed by atoms with E-state index in [1.54, 1.807) is 11.8 Å². The summed E-state index contributed by atoms with van der Waals surface area (Å²) in [6.07, 6.45) is 2.68. The predicted octanol–water partition coefficient (Wildman–Crippen LogP) is 2.67. The molecule has 142 valence electrons. The SMILES string of the molecule is CCC=C(C)C(=O)N(CC)CC(=O)Nc1ccc(N2CCOCC2)cc1. The molecule has 6 nitrogen and oxygen atoms in total. The van der Waals surface area contributed by atoms with Crippen LogP contribution in [0.3, 0.4) is 0 Å². The van der Waals surface area contributed by atoms with Crippen LogP contribution in [0.1, 0.15) is 27.2 Å². The highest BCUT2D eigenvalue weighted by molar-refractivity contribution is 5.98. The number of anilines is 2. The van der Waals surface area contributed by atoms with E-state index in [1.807, 2.05) is 44.2 Å². The van der Waals surface area contributed by atoms with Gasteiger partial charge in [0.25, 0.3) is 0 Å². The zero-order valence-corrected chi connectivity index (χ0v) is 16.0. The van der Waals surface area contributed by atoms with Crippen molar-refractivity contribution in [1.82, 2.24) is 4.90 Å². The molecule has 26 heavy (non-hydrogen) atoms. The standard InChI is InChI=1S/C20H29N3O3/c1-4-6-16(3)20(25)22(5-2)15-19(24)21-17-7-9-18(10-8-17)23-11-13-26-14-12-23/h6-10H,4-5,11-15H2,1-3H3,(H,21,24). The van der Waals surface area contributed by atoms with Crippen molar-refractivity contribution in [2.24, 2.45) is 0 Å². The molecule has 0 saturated carbocycles. The number of hydrogen-bond donors (Lipinski definition) is 1. The lowest BCUT2D eigenvalue weighted by atomic mass is 10.2. The van der Waals surface area contributed by atoms with Crippen molar-refractivity contribution in [3.63, 3.8) is 0 Å². The zero-order chi connectivity index (χ0) is 18.9. The Morgan fingerprint density at radius 2 is 1.85 bits per heavy atom. The quantitative estimate of drug-likeness (QED) is 0.761. The molecule has 1 aromatic carbocycles. The van der Waals surface area contributed by atoms with Gasteiger partial charge in [-0.2, -0.15) is 0 Å². The van der Waals surface area contributed by atoms with Crippen LogP contribution < -0.4 is 10.2 Å². The molecule has 6 heteroatoms. The predicted molar refractivity (Wildman–Crippen MR) is 104 cm³/mol. The van der Waals surface area contributed by atoms with Gasteiger partial charge in [0.1, 0.15) is 6.54 Å². The van der Waals surface area contributed by atoms with E-state index in [-0.39, 0.29) is 18.4 Å². The molecule has 0 atom stereocenters. The van der Waals surface area contributed by atoms with Crippen LogP contribution >= 0.6 is 0 Å². The molecule has 1 saturated heterocycles. The third kappa shape index (κ3) is 5.59. The monoisotopic (exact) mass is 359 g/mol. The zero-order valence-electron chi connectivity index (χ0n) is 16.0. The highest BCUT2D eigenvalue weighted by atomic mass is 16.5. The molecule has 0 bridgehead atoms. The number of ether oxygens (including phenoxy) is 1. The van der Waals surface area contributed by atoms with Gasteiger partial charge in [0.05, 0.1) is 13.2 Å². The summed E-state index contributed by atoms with van der Waals surface area (Å²) in [5.41, 5.74) is 2.53. The Bertz CT molecular complexity index is 634. The Labute approximate surface area is 155 Å². The molecular weight excluding hydrogens is 330 g/mol. The number of nitrogens with one attached hydrogen (secondary N) is 1. The van der Waals surface area contributed by atoms with Crippen molar-refractivity contribution in [1.29, 1.82) is 0 Å². The Morgan fingerprint density at radius 1 is 1.19 bits per heavy atom. The summed E-state index contributed by atoms with van der Waals surface area (Å²) >= 11 is 0.